The summed E-state index contributed by atoms with van der Waals surface area (Å²) in [5.41, 5.74) is 7.39. The van der Waals surface area contributed by atoms with Gasteiger partial charge in [0.15, 0.2) is 0 Å². The molecule has 0 saturated carbocycles. The molecule has 2 amide bonds. The minimum Gasteiger partial charge on any atom is -0.366 e. The van der Waals surface area contributed by atoms with Gasteiger partial charge in [0.2, 0.25) is 11.8 Å². The van der Waals surface area contributed by atoms with Crippen molar-refractivity contribution in [2.24, 2.45) is 5.73 Å². The number of nitrogens with zero attached hydrogens (tertiary/aromatic N) is 1. The third-order valence-corrected chi connectivity index (χ3v) is 3.75. The fourth-order valence-electron chi connectivity index (χ4n) is 2.08. The smallest absolute Gasteiger partial charge is 0.248 e. The Balaban J connectivity index is 1.99. The Morgan fingerprint density at radius 1 is 1.09 bits per heavy atom. The molecule has 4 nitrogen and oxygen atoms in total. The number of primary amides is 1. The van der Waals surface area contributed by atoms with E-state index in [-0.39, 0.29) is 12.3 Å². The SMILES string of the molecule is CN(Cc1ccc(C(N)=O)cc1)C(=O)Cc1ccccc1Cl. The molecule has 0 unspecified atom stereocenters. The molecule has 0 aliphatic rings. The van der Waals surface area contributed by atoms with Gasteiger partial charge in [0.1, 0.15) is 0 Å². The van der Waals surface area contributed by atoms with Gasteiger partial charge in [-0.3, -0.25) is 9.59 Å². The Bertz CT molecular complexity index is 683. The maximum atomic E-state index is 12.2. The predicted molar refractivity (Wildman–Crippen MR) is 86.6 cm³/mol. The molecule has 2 rings (SSSR count). The first-order valence-corrected chi connectivity index (χ1v) is 7.21. The molecule has 0 atom stereocenters. The highest BCUT2D eigenvalue weighted by Crippen LogP contribution is 2.16. The summed E-state index contributed by atoms with van der Waals surface area (Å²) in [5, 5.41) is 0.593. The molecule has 0 heterocycles. The van der Waals surface area contributed by atoms with E-state index in [9.17, 15) is 9.59 Å². The monoisotopic (exact) mass is 316 g/mol. The Morgan fingerprint density at radius 2 is 1.73 bits per heavy atom. The minimum absolute atomic E-state index is 0.0212. The number of carbonyl (C=O) groups excluding carboxylic acids is 2. The van der Waals surface area contributed by atoms with Crippen LogP contribution in [0.1, 0.15) is 21.5 Å². The zero-order chi connectivity index (χ0) is 16.1. The molecular weight excluding hydrogens is 300 g/mol. The Labute approximate surface area is 134 Å². The van der Waals surface area contributed by atoms with Gasteiger partial charge in [0, 0.05) is 24.2 Å². The summed E-state index contributed by atoms with van der Waals surface area (Å²) in [6, 6.07) is 14.2. The number of carbonyl (C=O) groups is 2. The van der Waals surface area contributed by atoms with Gasteiger partial charge >= 0.3 is 0 Å². The highest BCUT2D eigenvalue weighted by atomic mass is 35.5. The number of nitrogens with two attached hydrogens (primary N) is 1. The molecule has 2 aromatic carbocycles. The summed E-state index contributed by atoms with van der Waals surface area (Å²) in [7, 11) is 1.74. The van der Waals surface area contributed by atoms with Gasteiger partial charge in [-0.2, -0.15) is 0 Å². The van der Waals surface area contributed by atoms with Crippen LogP contribution in [0.5, 0.6) is 0 Å². The molecule has 0 aromatic heterocycles. The van der Waals surface area contributed by atoms with Crippen molar-refractivity contribution in [1.29, 1.82) is 0 Å². The van der Waals surface area contributed by atoms with Gasteiger partial charge in [0.05, 0.1) is 6.42 Å². The summed E-state index contributed by atoms with van der Waals surface area (Å²) in [5.74, 6) is -0.484. The van der Waals surface area contributed by atoms with Gasteiger partial charge in [0.25, 0.3) is 0 Å². The summed E-state index contributed by atoms with van der Waals surface area (Å²) in [6.45, 7) is 0.461. The van der Waals surface area contributed by atoms with Crippen LogP contribution in [0.15, 0.2) is 48.5 Å². The van der Waals surface area contributed by atoms with Crippen LogP contribution in [-0.4, -0.2) is 23.8 Å². The largest absolute Gasteiger partial charge is 0.366 e. The molecule has 0 fully saturated rings. The fraction of sp³-hybridized carbons (Fsp3) is 0.176. The third-order valence-electron chi connectivity index (χ3n) is 3.38. The van der Waals surface area contributed by atoms with Crippen LogP contribution in [0.25, 0.3) is 0 Å². The minimum atomic E-state index is -0.463. The summed E-state index contributed by atoms with van der Waals surface area (Å²) >= 11 is 6.07. The highest BCUT2D eigenvalue weighted by Gasteiger charge is 2.12. The molecule has 2 aromatic rings. The third kappa shape index (κ3) is 4.09. The second kappa shape index (κ2) is 7.09. The van der Waals surface area contributed by atoms with Crippen molar-refractivity contribution in [2.45, 2.75) is 13.0 Å². The topological polar surface area (TPSA) is 63.4 Å². The number of likely N-dealkylation sites (N-methyl/N-ethyl adjacent to an activating group) is 1. The molecule has 2 N–H and O–H groups in total. The van der Waals surface area contributed by atoms with Crippen molar-refractivity contribution < 1.29 is 9.59 Å². The van der Waals surface area contributed by atoms with Crippen LogP contribution in [-0.2, 0) is 17.8 Å². The first-order valence-electron chi connectivity index (χ1n) is 6.83. The van der Waals surface area contributed by atoms with Crippen molar-refractivity contribution in [3.8, 4) is 0 Å². The van der Waals surface area contributed by atoms with E-state index >= 15 is 0 Å². The van der Waals surface area contributed by atoms with Gasteiger partial charge < -0.3 is 10.6 Å². The number of rotatable bonds is 5. The Kier molecular flexibility index (Phi) is 5.17. The summed E-state index contributed by atoms with van der Waals surface area (Å²) in [6.07, 6.45) is 0.259. The molecule has 114 valence electrons. The quantitative estimate of drug-likeness (QED) is 0.921. The maximum absolute atomic E-state index is 12.2. The number of hydrogen-bond donors (Lipinski definition) is 1. The lowest BCUT2D eigenvalue weighted by Crippen LogP contribution is -2.27. The van der Waals surface area contributed by atoms with E-state index < -0.39 is 5.91 Å². The lowest BCUT2D eigenvalue weighted by Gasteiger charge is -2.18. The molecule has 0 radical (unpaired) electrons. The van der Waals surface area contributed by atoms with Crippen LogP contribution in [0.2, 0.25) is 5.02 Å². The van der Waals surface area contributed by atoms with E-state index in [4.69, 9.17) is 17.3 Å². The number of halogens is 1. The van der Waals surface area contributed by atoms with Gasteiger partial charge in [-0.15, -0.1) is 0 Å². The van der Waals surface area contributed by atoms with Crippen molar-refractivity contribution in [2.75, 3.05) is 7.05 Å². The normalized spacial score (nSPS) is 10.3. The van der Waals surface area contributed by atoms with Crippen LogP contribution < -0.4 is 5.73 Å². The molecule has 0 bridgehead atoms. The second-order valence-corrected chi connectivity index (χ2v) is 5.49. The Hall–Kier alpha value is -2.33. The van der Waals surface area contributed by atoms with Gasteiger partial charge in [-0.05, 0) is 29.3 Å². The van der Waals surface area contributed by atoms with Crippen LogP contribution in [0.3, 0.4) is 0 Å². The first-order chi connectivity index (χ1) is 10.5. The van der Waals surface area contributed by atoms with Gasteiger partial charge in [-0.1, -0.05) is 41.9 Å². The van der Waals surface area contributed by atoms with E-state index in [0.717, 1.165) is 11.1 Å². The highest BCUT2D eigenvalue weighted by molar-refractivity contribution is 6.31. The number of hydrogen-bond acceptors (Lipinski definition) is 2. The second-order valence-electron chi connectivity index (χ2n) is 5.08. The lowest BCUT2D eigenvalue weighted by atomic mass is 10.1. The maximum Gasteiger partial charge on any atom is 0.248 e. The predicted octanol–water partition coefficient (Wildman–Crippen LogP) is 2.64. The van der Waals surface area contributed by atoms with E-state index in [1.54, 1.807) is 42.3 Å². The average molecular weight is 317 g/mol. The van der Waals surface area contributed by atoms with Crippen LogP contribution >= 0.6 is 11.6 Å². The molecule has 0 aliphatic carbocycles. The zero-order valence-electron chi connectivity index (χ0n) is 12.3. The van der Waals surface area contributed by atoms with E-state index in [1.807, 2.05) is 18.2 Å². The van der Waals surface area contributed by atoms with E-state index in [1.165, 1.54) is 0 Å². The standard InChI is InChI=1S/C17H17ClN2O2/c1-20(11-12-6-8-13(9-7-12)17(19)22)16(21)10-14-4-2-3-5-15(14)18/h2-9H,10-11H2,1H3,(H2,19,22). The molecule has 0 spiro atoms. The zero-order valence-corrected chi connectivity index (χ0v) is 13.0. The molecular formula is C17H17ClN2O2. The number of amides is 2. The van der Waals surface area contributed by atoms with Crippen LogP contribution in [0, 0.1) is 0 Å². The van der Waals surface area contributed by atoms with Crippen molar-refractivity contribution >= 4 is 23.4 Å². The van der Waals surface area contributed by atoms with Crippen molar-refractivity contribution in [1.82, 2.24) is 4.90 Å². The summed E-state index contributed by atoms with van der Waals surface area (Å²) < 4.78 is 0. The van der Waals surface area contributed by atoms with E-state index in [0.29, 0.717) is 17.1 Å². The first kappa shape index (κ1) is 16.0. The average Bonchev–Trinajstić information content (AvgIpc) is 2.50. The molecule has 5 heteroatoms. The molecule has 22 heavy (non-hydrogen) atoms. The van der Waals surface area contributed by atoms with Gasteiger partial charge in [-0.25, -0.2) is 0 Å². The fourth-order valence-corrected chi connectivity index (χ4v) is 2.28. The molecule has 0 saturated heterocycles. The van der Waals surface area contributed by atoms with Crippen molar-refractivity contribution in [3.63, 3.8) is 0 Å². The lowest BCUT2D eigenvalue weighted by molar-refractivity contribution is -0.129. The van der Waals surface area contributed by atoms with Crippen LogP contribution in [0.4, 0.5) is 0 Å². The van der Waals surface area contributed by atoms with Crippen molar-refractivity contribution in [3.05, 3.63) is 70.2 Å². The molecule has 0 aliphatic heterocycles. The number of benzene rings is 2. The summed E-state index contributed by atoms with van der Waals surface area (Å²) in [4.78, 5) is 24.9. The van der Waals surface area contributed by atoms with E-state index in [2.05, 4.69) is 0 Å². The Morgan fingerprint density at radius 3 is 2.32 bits per heavy atom.